The molecular weight excluding hydrogens is 322 g/mol. The van der Waals surface area contributed by atoms with Gasteiger partial charge in [-0.2, -0.15) is 10.2 Å². The van der Waals surface area contributed by atoms with Crippen LogP contribution in [0.5, 0.6) is 5.75 Å². The second-order valence-electron chi connectivity index (χ2n) is 4.94. The molecule has 1 heterocycles. The van der Waals surface area contributed by atoms with Crippen LogP contribution in [-0.4, -0.2) is 22.7 Å². The van der Waals surface area contributed by atoms with E-state index in [2.05, 4.69) is 10.1 Å². The lowest BCUT2D eigenvalue weighted by Crippen LogP contribution is -2.15. The first-order valence-electron chi connectivity index (χ1n) is 7.42. The highest BCUT2D eigenvalue weighted by atomic mass is 16.6. The van der Waals surface area contributed by atoms with Gasteiger partial charge in [0.05, 0.1) is 5.56 Å². The molecule has 0 bridgehead atoms. The minimum absolute atomic E-state index is 0.151. The molecule has 0 N–H and O–H groups in total. The minimum Gasteiger partial charge on any atom is -0.481 e. The predicted molar refractivity (Wildman–Crippen MR) is 86.2 cm³/mol. The summed E-state index contributed by atoms with van der Waals surface area (Å²) in [7, 11) is 0. The van der Waals surface area contributed by atoms with Crippen LogP contribution in [0.1, 0.15) is 11.5 Å². The van der Waals surface area contributed by atoms with E-state index in [1.165, 1.54) is 0 Å². The molecule has 25 heavy (non-hydrogen) atoms. The Morgan fingerprint density at radius 1 is 1.12 bits per heavy atom. The number of nitriles is 1. The number of ether oxygens (including phenoxy) is 2. The molecule has 7 heteroatoms. The minimum atomic E-state index is -0.604. The molecule has 3 rings (SSSR count). The lowest BCUT2D eigenvalue weighted by molar-refractivity contribution is -0.148. The molecule has 0 radical (unpaired) electrons. The molecule has 0 atom stereocenters. The number of hydrogen-bond donors (Lipinski definition) is 0. The number of rotatable bonds is 6. The first-order chi connectivity index (χ1) is 12.3. The van der Waals surface area contributed by atoms with Crippen LogP contribution in [-0.2, 0) is 16.1 Å². The van der Waals surface area contributed by atoms with E-state index in [-0.39, 0.29) is 19.1 Å². The van der Waals surface area contributed by atoms with Gasteiger partial charge in [0, 0.05) is 5.56 Å². The number of carbonyl (C=O) groups is 1. The van der Waals surface area contributed by atoms with Crippen LogP contribution in [0.3, 0.4) is 0 Å². The van der Waals surface area contributed by atoms with Gasteiger partial charge in [-0.15, -0.1) is 0 Å². The summed E-state index contributed by atoms with van der Waals surface area (Å²) in [5, 5.41) is 12.8. The Balaban J connectivity index is 1.51. The van der Waals surface area contributed by atoms with Crippen molar-refractivity contribution in [2.75, 3.05) is 6.61 Å². The lowest BCUT2D eigenvalue weighted by atomic mass is 10.2. The second-order valence-corrected chi connectivity index (χ2v) is 4.94. The molecule has 0 saturated carbocycles. The van der Waals surface area contributed by atoms with E-state index < -0.39 is 5.97 Å². The Kier molecular flexibility index (Phi) is 5.02. The molecule has 3 aromatic rings. The van der Waals surface area contributed by atoms with E-state index in [4.69, 9.17) is 19.3 Å². The van der Waals surface area contributed by atoms with Gasteiger partial charge >= 0.3 is 5.97 Å². The van der Waals surface area contributed by atoms with Crippen LogP contribution >= 0.6 is 0 Å². The van der Waals surface area contributed by atoms with Gasteiger partial charge < -0.3 is 14.0 Å². The number of esters is 1. The Bertz CT molecular complexity index is 900. The van der Waals surface area contributed by atoms with Crippen molar-refractivity contribution in [1.82, 2.24) is 10.1 Å². The standard InChI is InChI=1S/C18H13N3O4/c19-10-14-8-4-5-9-15(14)23-12-17(22)24-11-16-20-18(21-25-16)13-6-2-1-3-7-13/h1-9H,11-12H2. The van der Waals surface area contributed by atoms with E-state index in [0.29, 0.717) is 17.1 Å². The van der Waals surface area contributed by atoms with E-state index >= 15 is 0 Å². The number of aromatic nitrogens is 2. The molecule has 0 aliphatic rings. The average molecular weight is 335 g/mol. The van der Waals surface area contributed by atoms with E-state index in [1.54, 1.807) is 24.3 Å². The van der Waals surface area contributed by atoms with E-state index in [1.807, 2.05) is 36.4 Å². The fourth-order valence-electron chi connectivity index (χ4n) is 2.02. The van der Waals surface area contributed by atoms with Gasteiger partial charge in [-0.3, -0.25) is 0 Å². The lowest BCUT2D eigenvalue weighted by Gasteiger charge is -2.06. The molecule has 0 fully saturated rings. The van der Waals surface area contributed by atoms with Crippen LogP contribution < -0.4 is 4.74 Å². The maximum absolute atomic E-state index is 11.7. The van der Waals surface area contributed by atoms with Crippen molar-refractivity contribution >= 4 is 5.97 Å². The third kappa shape index (κ3) is 4.20. The zero-order valence-corrected chi connectivity index (χ0v) is 13.1. The number of nitrogens with zero attached hydrogens (tertiary/aromatic N) is 3. The molecular formula is C18H13N3O4. The van der Waals surface area contributed by atoms with Crippen molar-refractivity contribution < 1.29 is 18.8 Å². The van der Waals surface area contributed by atoms with Crippen LogP contribution in [0, 0.1) is 11.3 Å². The monoisotopic (exact) mass is 335 g/mol. The summed E-state index contributed by atoms with van der Waals surface area (Å²) in [6.07, 6.45) is 0. The van der Waals surface area contributed by atoms with Crippen LogP contribution in [0.4, 0.5) is 0 Å². The Morgan fingerprint density at radius 3 is 2.68 bits per heavy atom. The molecule has 1 aromatic heterocycles. The topological polar surface area (TPSA) is 98.2 Å². The molecule has 7 nitrogen and oxygen atoms in total. The largest absolute Gasteiger partial charge is 0.481 e. The predicted octanol–water partition coefficient (Wildman–Crippen LogP) is 2.73. The van der Waals surface area contributed by atoms with Gasteiger partial charge in [0.2, 0.25) is 5.82 Å². The summed E-state index contributed by atoms with van der Waals surface area (Å²) in [5.74, 6) is 0.328. The van der Waals surface area contributed by atoms with Gasteiger partial charge in [0.1, 0.15) is 11.8 Å². The molecule has 124 valence electrons. The molecule has 2 aromatic carbocycles. The summed E-state index contributed by atoms with van der Waals surface area (Å²) in [5.41, 5.74) is 1.15. The highest BCUT2D eigenvalue weighted by Gasteiger charge is 2.12. The Labute approximate surface area is 143 Å². The van der Waals surface area contributed by atoms with Gasteiger partial charge in [0.15, 0.2) is 13.2 Å². The number of para-hydroxylation sites is 1. The average Bonchev–Trinajstić information content (AvgIpc) is 3.14. The zero-order valence-electron chi connectivity index (χ0n) is 13.1. The second kappa shape index (κ2) is 7.75. The third-order valence-electron chi connectivity index (χ3n) is 3.21. The van der Waals surface area contributed by atoms with E-state index in [0.717, 1.165) is 5.56 Å². The van der Waals surface area contributed by atoms with Crippen molar-refractivity contribution in [3.8, 4) is 23.2 Å². The Hall–Kier alpha value is -3.66. The van der Waals surface area contributed by atoms with Gasteiger partial charge in [0.25, 0.3) is 5.89 Å². The zero-order chi connectivity index (χ0) is 17.5. The number of benzene rings is 2. The first-order valence-corrected chi connectivity index (χ1v) is 7.42. The normalized spacial score (nSPS) is 10.0. The number of carbonyl (C=O) groups excluding carboxylic acids is 1. The smallest absolute Gasteiger partial charge is 0.344 e. The Morgan fingerprint density at radius 2 is 1.88 bits per heavy atom. The van der Waals surface area contributed by atoms with Crippen LogP contribution in [0.25, 0.3) is 11.4 Å². The van der Waals surface area contributed by atoms with Crippen molar-refractivity contribution in [3.05, 3.63) is 66.1 Å². The van der Waals surface area contributed by atoms with Gasteiger partial charge in [-0.25, -0.2) is 4.79 Å². The number of hydrogen-bond acceptors (Lipinski definition) is 7. The van der Waals surface area contributed by atoms with Crippen molar-refractivity contribution in [2.45, 2.75) is 6.61 Å². The van der Waals surface area contributed by atoms with Gasteiger partial charge in [-0.1, -0.05) is 47.6 Å². The van der Waals surface area contributed by atoms with Crippen LogP contribution in [0.15, 0.2) is 59.1 Å². The molecule has 0 aliphatic heterocycles. The summed E-state index contributed by atoms with van der Waals surface area (Å²) in [4.78, 5) is 15.9. The summed E-state index contributed by atoms with van der Waals surface area (Å²) in [6, 6.07) is 17.9. The van der Waals surface area contributed by atoms with Gasteiger partial charge in [-0.05, 0) is 12.1 Å². The van der Waals surface area contributed by atoms with Crippen molar-refractivity contribution in [3.63, 3.8) is 0 Å². The van der Waals surface area contributed by atoms with E-state index in [9.17, 15) is 4.79 Å². The molecule has 0 unspecified atom stereocenters. The SMILES string of the molecule is N#Cc1ccccc1OCC(=O)OCc1nc(-c2ccccc2)no1. The fourth-order valence-corrected chi connectivity index (χ4v) is 2.02. The fraction of sp³-hybridized carbons (Fsp3) is 0.111. The van der Waals surface area contributed by atoms with Crippen molar-refractivity contribution in [1.29, 1.82) is 5.26 Å². The molecule has 0 aliphatic carbocycles. The van der Waals surface area contributed by atoms with Crippen LogP contribution in [0.2, 0.25) is 0 Å². The maximum Gasteiger partial charge on any atom is 0.344 e. The quantitative estimate of drug-likeness (QED) is 0.639. The summed E-state index contributed by atoms with van der Waals surface area (Å²) < 4.78 is 15.4. The molecule has 0 spiro atoms. The first kappa shape index (κ1) is 16.2. The molecule has 0 saturated heterocycles. The third-order valence-corrected chi connectivity index (χ3v) is 3.21. The highest BCUT2D eigenvalue weighted by Crippen LogP contribution is 2.17. The van der Waals surface area contributed by atoms with Crippen molar-refractivity contribution in [2.24, 2.45) is 0 Å². The molecule has 0 amide bonds. The summed E-state index contributed by atoms with van der Waals surface area (Å²) >= 11 is 0. The maximum atomic E-state index is 11.7. The highest BCUT2D eigenvalue weighted by molar-refractivity contribution is 5.71. The summed E-state index contributed by atoms with van der Waals surface area (Å²) in [6.45, 7) is -0.472.